The Balaban J connectivity index is 2.24. The number of aliphatic carboxylic acids is 1. The summed E-state index contributed by atoms with van der Waals surface area (Å²) in [5.74, 6) is -1.46. The second-order valence-corrected chi connectivity index (χ2v) is 4.70. The molecule has 0 saturated heterocycles. The Bertz CT molecular complexity index is 292. The molecule has 0 aliphatic heterocycles. The molecule has 0 aromatic heterocycles. The van der Waals surface area contributed by atoms with Gasteiger partial charge in [-0.2, -0.15) is 0 Å². The van der Waals surface area contributed by atoms with Crippen molar-refractivity contribution in [1.29, 1.82) is 0 Å². The van der Waals surface area contributed by atoms with E-state index in [9.17, 15) is 9.59 Å². The van der Waals surface area contributed by atoms with Gasteiger partial charge in [0.15, 0.2) is 0 Å². The third-order valence-corrected chi connectivity index (χ3v) is 3.12. The number of nitrogens with zero attached hydrogens (tertiary/aromatic N) is 1. The lowest BCUT2D eigenvalue weighted by Gasteiger charge is -2.25. The van der Waals surface area contributed by atoms with Gasteiger partial charge in [0.1, 0.15) is 0 Å². The number of carbonyl (C=O) groups is 2. The number of hydrogen-bond donors (Lipinski definition) is 3. The van der Waals surface area contributed by atoms with Crippen LogP contribution < -0.4 is 11.1 Å². The molecule has 0 radical (unpaired) electrons. The van der Waals surface area contributed by atoms with Gasteiger partial charge in [0, 0.05) is 18.6 Å². The summed E-state index contributed by atoms with van der Waals surface area (Å²) in [6.45, 7) is 2.53. The van der Waals surface area contributed by atoms with E-state index in [0.717, 1.165) is 0 Å². The van der Waals surface area contributed by atoms with Crippen LogP contribution in [0.3, 0.4) is 0 Å². The van der Waals surface area contributed by atoms with Crippen molar-refractivity contribution >= 4 is 11.9 Å². The number of rotatable bonds is 7. The lowest BCUT2D eigenvalue weighted by atomic mass is 10.2. The van der Waals surface area contributed by atoms with Gasteiger partial charge < -0.3 is 16.2 Å². The predicted octanol–water partition coefficient (Wildman–Crippen LogP) is -0.613. The molecule has 2 unspecified atom stereocenters. The fraction of sp³-hybridized carbons (Fsp3) is 0.818. The first kappa shape index (κ1) is 13.9. The van der Waals surface area contributed by atoms with Crippen molar-refractivity contribution in [3.05, 3.63) is 0 Å². The number of likely N-dealkylation sites (N-methyl/N-ethyl adjacent to an activating group) is 1. The maximum atomic E-state index is 11.5. The van der Waals surface area contributed by atoms with Crippen LogP contribution in [0.25, 0.3) is 0 Å². The van der Waals surface area contributed by atoms with Crippen molar-refractivity contribution in [3.63, 3.8) is 0 Å². The molecule has 6 heteroatoms. The number of carboxylic acid groups (broad SMARTS) is 1. The Morgan fingerprint density at radius 3 is 2.59 bits per heavy atom. The highest BCUT2D eigenvalue weighted by Crippen LogP contribution is 2.26. The smallest absolute Gasteiger partial charge is 0.305 e. The number of hydrogen-bond acceptors (Lipinski definition) is 4. The summed E-state index contributed by atoms with van der Waals surface area (Å²) in [4.78, 5) is 24.1. The fourth-order valence-electron chi connectivity index (χ4n) is 1.65. The van der Waals surface area contributed by atoms with Crippen LogP contribution in [0.4, 0.5) is 0 Å². The number of carboxylic acids is 1. The molecule has 4 N–H and O–H groups in total. The molecule has 0 heterocycles. The van der Waals surface area contributed by atoms with E-state index in [0.29, 0.717) is 12.6 Å². The third kappa shape index (κ3) is 4.70. The highest BCUT2D eigenvalue weighted by atomic mass is 16.4. The van der Waals surface area contributed by atoms with E-state index in [1.165, 1.54) is 12.8 Å². The van der Waals surface area contributed by atoms with E-state index >= 15 is 0 Å². The highest BCUT2D eigenvalue weighted by Gasteiger charge is 2.29. The van der Waals surface area contributed by atoms with Crippen molar-refractivity contribution in [2.24, 2.45) is 5.73 Å². The van der Waals surface area contributed by atoms with E-state index < -0.39 is 17.9 Å². The maximum Gasteiger partial charge on any atom is 0.305 e. The first-order chi connectivity index (χ1) is 7.91. The second-order valence-electron chi connectivity index (χ2n) is 4.70. The summed E-state index contributed by atoms with van der Waals surface area (Å²) in [6, 6.07) is -0.0935. The molecule has 0 spiro atoms. The second kappa shape index (κ2) is 5.97. The first-order valence-electron chi connectivity index (χ1n) is 5.88. The van der Waals surface area contributed by atoms with E-state index in [1.54, 1.807) is 0 Å². The SMILES string of the molecule is CC(CNC(=O)C(N)CC(=O)O)N(C)C1CC1. The Hall–Kier alpha value is -1.14. The van der Waals surface area contributed by atoms with Gasteiger partial charge in [-0.25, -0.2) is 0 Å². The average Bonchev–Trinajstić information content (AvgIpc) is 3.06. The molecule has 0 aromatic carbocycles. The average molecular weight is 243 g/mol. The molecule has 1 aliphatic rings. The van der Waals surface area contributed by atoms with Crippen LogP contribution in [0, 0.1) is 0 Å². The molecular formula is C11H21N3O3. The van der Waals surface area contributed by atoms with Gasteiger partial charge in [-0.1, -0.05) is 0 Å². The van der Waals surface area contributed by atoms with Crippen LogP contribution in [0.5, 0.6) is 0 Å². The number of nitrogens with one attached hydrogen (secondary N) is 1. The molecule has 6 nitrogen and oxygen atoms in total. The minimum absolute atomic E-state index is 0.239. The molecule has 1 fully saturated rings. The number of carbonyl (C=O) groups excluding carboxylic acids is 1. The minimum atomic E-state index is -1.06. The topological polar surface area (TPSA) is 95.7 Å². The summed E-state index contributed by atoms with van der Waals surface area (Å²) in [5.41, 5.74) is 5.45. The maximum absolute atomic E-state index is 11.5. The largest absolute Gasteiger partial charge is 0.481 e. The molecule has 1 rings (SSSR count). The van der Waals surface area contributed by atoms with Crippen LogP contribution in [-0.2, 0) is 9.59 Å². The monoisotopic (exact) mass is 243 g/mol. The molecule has 17 heavy (non-hydrogen) atoms. The number of nitrogens with two attached hydrogens (primary N) is 1. The lowest BCUT2D eigenvalue weighted by molar-refractivity contribution is -0.139. The van der Waals surface area contributed by atoms with Crippen LogP contribution in [-0.4, -0.2) is 53.6 Å². The zero-order valence-corrected chi connectivity index (χ0v) is 10.3. The Kier molecular flexibility index (Phi) is 4.89. The minimum Gasteiger partial charge on any atom is -0.481 e. The summed E-state index contributed by atoms with van der Waals surface area (Å²) in [6.07, 6.45) is 2.10. The molecule has 1 saturated carbocycles. The Labute approximate surface area is 101 Å². The van der Waals surface area contributed by atoms with Gasteiger partial charge in [0.05, 0.1) is 12.5 Å². The first-order valence-corrected chi connectivity index (χ1v) is 5.88. The normalized spacial score (nSPS) is 18.8. The van der Waals surface area contributed by atoms with Crippen molar-refractivity contribution < 1.29 is 14.7 Å². The van der Waals surface area contributed by atoms with E-state index in [4.69, 9.17) is 10.8 Å². The quantitative estimate of drug-likeness (QED) is 0.554. The molecule has 1 aliphatic carbocycles. The molecule has 0 aromatic rings. The Morgan fingerprint density at radius 1 is 1.53 bits per heavy atom. The van der Waals surface area contributed by atoms with Crippen LogP contribution in [0.1, 0.15) is 26.2 Å². The van der Waals surface area contributed by atoms with Crippen LogP contribution in [0.15, 0.2) is 0 Å². The van der Waals surface area contributed by atoms with Crippen molar-refractivity contribution in [2.75, 3.05) is 13.6 Å². The van der Waals surface area contributed by atoms with Crippen molar-refractivity contribution in [3.8, 4) is 0 Å². The highest BCUT2D eigenvalue weighted by molar-refractivity contribution is 5.85. The molecule has 2 atom stereocenters. The van der Waals surface area contributed by atoms with Crippen LogP contribution in [0.2, 0.25) is 0 Å². The van der Waals surface area contributed by atoms with Gasteiger partial charge in [0.2, 0.25) is 5.91 Å². The molecular weight excluding hydrogens is 222 g/mol. The summed E-state index contributed by atoms with van der Waals surface area (Å²) >= 11 is 0. The standard InChI is InChI=1S/C11H21N3O3/c1-7(14(2)8-3-4-8)6-13-11(17)9(12)5-10(15)16/h7-9H,3-6,12H2,1-2H3,(H,13,17)(H,15,16). The third-order valence-electron chi connectivity index (χ3n) is 3.12. The summed E-state index contributed by atoms with van der Waals surface area (Å²) < 4.78 is 0. The zero-order chi connectivity index (χ0) is 13.0. The predicted molar refractivity (Wildman–Crippen MR) is 63.5 cm³/mol. The number of amides is 1. The van der Waals surface area contributed by atoms with E-state index in [2.05, 4.69) is 10.2 Å². The van der Waals surface area contributed by atoms with Gasteiger partial charge in [-0.15, -0.1) is 0 Å². The summed E-state index contributed by atoms with van der Waals surface area (Å²) in [5, 5.41) is 11.2. The zero-order valence-electron chi connectivity index (χ0n) is 10.3. The summed E-state index contributed by atoms with van der Waals surface area (Å²) in [7, 11) is 2.03. The van der Waals surface area contributed by atoms with E-state index in [-0.39, 0.29) is 12.5 Å². The molecule has 0 bridgehead atoms. The molecule has 1 amide bonds. The van der Waals surface area contributed by atoms with Gasteiger partial charge in [-0.3, -0.25) is 14.5 Å². The van der Waals surface area contributed by atoms with Crippen molar-refractivity contribution in [2.45, 2.75) is 44.3 Å². The van der Waals surface area contributed by atoms with Crippen LogP contribution >= 0.6 is 0 Å². The van der Waals surface area contributed by atoms with Gasteiger partial charge in [0.25, 0.3) is 0 Å². The lowest BCUT2D eigenvalue weighted by Crippen LogP contribution is -2.47. The van der Waals surface area contributed by atoms with Gasteiger partial charge >= 0.3 is 5.97 Å². The van der Waals surface area contributed by atoms with E-state index in [1.807, 2.05) is 14.0 Å². The van der Waals surface area contributed by atoms with Gasteiger partial charge in [-0.05, 0) is 26.8 Å². The molecule has 98 valence electrons. The Morgan fingerprint density at radius 2 is 2.12 bits per heavy atom. The van der Waals surface area contributed by atoms with Crippen molar-refractivity contribution in [1.82, 2.24) is 10.2 Å². The fourth-order valence-corrected chi connectivity index (χ4v) is 1.65.